The lowest BCUT2D eigenvalue weighted by Gasteiger charge is -2.07. The molecule has 0 amide bonds. The van der Waals surface area contributed by atoms with Gasteiger partial charge in [0.05, 0.1) is 0 Å². The third-order valence-corrected chi connectivity index (χ3v) is 4.63. The maximum Gasteiger partial charge on any atom is 0.205 e. The van der Waals surface area contributed by atoms with E-state index in [2.05, 4.69) is 17.6 Å². The molecule has 0 aliphatic carbocycles. The molecule has 0 spiro atoms. The fraction of sp³-hybridized carbons (Fsp3) is 0.333. The van der Waals surface area contributed by atoms with Crippen molar-refractivity contribution in [2.45, 2.75) is 40.7 Å². The van der Waals surface area contributed by atoms with Crippen molar-refractivity contribution in [3.05, 3.63) is 50.5 Å². The summed E-state index contributed by atoms with van der Waals surface area (Å²) in [5.41, 5.74) is 2.82. The largest absolute Gasteiger partial charge is 0.348 e. The van der Waals surface area contributed by atoms with Gasteiger partial charge < -0.3 is 4.57 Å². The molecule has 0 atom stereocenters. The average molecular weight is 312 g/mol. The van der Waals surface area contributed by atoms with Gasteiger partial charge in [0.15, 0.2) is 0 Å². The van der Waals surface area contributed by atoms with Crippen LogP contribution in [0.2, 0.25) is 0 Å². The Kier molecular flexibility index (Phi) is 4.99. The second-order valence-corrected chi connectivity index (χ2v) is 6.70. The number of aromatic nitrogens is 1. The van der Waals surface area contributed by atoms with Crippen molar-refractivity contribution in [2.24, 2.45) is 0 Å². The Balaban J connectivity index is 2.40. The molecule has 114 valence electrons. The summed E-state index contributed by atoms with van der Waals surface area (Å²) >= 11 is 1.58. The molecule has 0 aromatic carbocycles. The van der Waals surface area contributed by atoms with E-state index in [-0.39, 0.29) is 11.4 Å². The van der Waals surface area contributed by atoms with Gasteiger partial charge in [0.25, 0.3) is 0 Å². The fourth-order valence-electron chi connectivity index (χ4n) is 2.57. The zero-order valence-corrected chi connectivity index (χ0v) is 14.3. The van der Waals surface area contributed by atoms with Gasteiger partial charge in [0.2, 0.25) is 5.78 Å². The van der Waals surface area contributed by atoms with E-state index in [0.717, 1.165) is 34.1 Å². The predicted molar refractivity (Wildman–Crippen MR) is 91.2 cm³/mol. The van der Waals surface area contributed by atoms with E-state index < -0.39 is 0 Å². The smallest absolute Gasteiger partial charge is 0.205 e. The summed E-state index contributed by atoms with van der Waals surface area (Å²) in [5, 5.41) is 9.35. The molecule has 2 heterocycles. The summed E-state index contributed by atoms with van der Waals surface area (Å²) < 4.78 is 2.14. The topological polar surface area (TPSA) is 45.8 Å². The second-order valence-electron chi connectivity index (χ2n) is 5.38. The van der Waals surface area contributed by atoms with Crippen LogP contribution in [0.4, 0.5) is 0 Å². The SMILES string of the molecule is CCCn1c(C)cc(C(=O)/C(C#N)=C/c2ccc(C)s2)c1C. The molecule has 2 aromatic heterocycles. The van der Waals surface area contributed by atoms with Crippen molar-refractivity contribution in [1.82, 2.24) is 4.57 Å². The molecule has 0 aliphatic rings. The Labute approximate surface area is 135 Å². The third kappa shape index (κ3) is 3.20. The minimum atomic E-state index is -0.191. The van der Waals surface area contributed by atoms with Crippen LogP contribution in [-0.2, 0) is 6.54 Å². The second kappa shape index (κ2) is 6.76. The maximum absolute atomic E-state index is 12.7. The molecule has 0 radical (unpaired) electrons. The molecule has 0 saturated carbocycles. The van der Waals surface area contributed by atoms with Gasteiger partial charge in [-0.1, -0.05) is 6.92 Å². The molecule has 4 heteroatoms. The number of thiophene rings is 1. The summed E-state index contributed by atoms with van der Waals surface area (Å²) in [7, 11) is 0. The average Bonchev–Trinajstić information content (AvgIpc) is 3.02. The number of carbonyl (C=O) groups is 1. The molecular weight excluding hydrogens is 292 g/mol. The summed E-state index contributed by atoms with van der Waals surface area (Å²) in [6.45, 7) is 8.95. The predicted octanol–water partition coefficient (Wildman–Crippen LogP) is 4.67. The van der Waals surface area contributed by atoms with Crippen molar-refractivity contribution in [3.63, 3.8) is 0 Å². The van der Waals surface area contributed by atoms with Crippen molar-refractivity contribution in [1.29, 1.82) is 5.26 Å². The molecule has 0 N–H and O–H groups in total. The lowest BCUT2D eigenvalue weighted by molar-refractivity contribution is 0.103. The van der Waals surface area contributed by atoms with Crippen LogP contribution in [0.1, 0.15) is 44.8 Å². The van der Waals surface area contributed by atoms with Crippen molar-refractivity contribution in [3.8, 4) is 6.07 Å². The number of nitrogens with zero attached hydrogens (tertiary/aromatic N) is 2. The van der Waals surface area contributed by atoms with E-state index in [0.29, 0.717) is 5.56 Å². The normalized spacial score (nSPS) is 11.5. The fourth-order valence-corrected chi connectivity index (χ4v) is 3.39. The van der Waals surface area contributed by atoms with Crippen LogP contribution in [0.3, 0.4) is 0 Å². The lowest BCUT2D eigenvalue weighted by atomic mass is 10.0. The van der Waals surface area contributed by atoms with Gasteiger partial charge >= 0.3 is 0 Å². The van der Waals surface area contributed by atoms with Gasteiger partial charge in [-0.05, 0) is 51.5 Å². The Morgan fingerprint density at radius 1 is 1.36 bits per heavy atom. The molecule has 22 heavy (non-hydrogen) atoms. The number of ketones is 1. The zero-order valence-electron chi connectivity index (χ0n) is 13.4. The quantitative estimate of drug-likeness (QED) is 0.457. The Morgan fingerprint density at radius 2 is 2.09 bits per heavy atom. The highest BCUT2D eigenvalue weighted by Crippen LogP contribution is 2.22. The summed E-state index contributed by atoms with van der Waals surface area (Å²) in [6, 6.07) is 7.87. The van der Waals surface area contributed by atoms with Crippen molar-refractivity contribution in [2.75, 3.05) is 0 Å². The van der Waals surface area contributed by atoms with Gasteiger partial charge in [-0.15, -0.1) is 11.3 Å². The number of allylic oxidation sites excluding steroid dienone is 1. The van der Waals surface area contributed by atoms with E-state index in [1.54, 1.807) is 17.4 Å². The standard InChI is InChI=1S/C18H20N2OS/c1-5-8-20-12(2)9-17(14(20)4)18(21)15(11-19)10-16-7-6-13(3)22-16/h6-7,9-10H,5,8H2,1-4H3/b15-10+. The number of hydrogen-bond acceptors (Lipinski definition) is 3. The van der Waals surface area contributed by atoms with Crippen molar-refractivity contribution >= 4 is 23.2 Å². The minimum absolute atomic E-state index is 0.191. The number of nitriles is 1. The van der Waals surface area contributed by atoms with Gasteiger partial charge in [-0.3, -0.25) is 4.79 Å². The van der Waals surface area contributed by atoms with Crippen LogP contribution in [0.25, 0.3) is 6.08 Å². The summed E-state index contributed by atoms with van der Waals surface area (Å²) in [4.78, 5) is 14.8. The van der Waals surface area contributed by atoms with Gasteiger partial charge in [-0.2, -0.15) is 5.26 Å². The first-order valence-electron chi connectivity index (χ1n) is 7.37. The number of carbonyl (C=O) groups excluding carboxylic acids is 1. The van der Waals surface area contributed by atoms with Crippen LogP contribution >= 0.6 is 11.3 Å². The number of Topliss-reactive ketones (excluding diaryl/α,β-unsaturated/α-hetero) is 1. The highest BCUT2D eigenvalue weighted by Gasteiger charge is 2.19. The first kappa shape index (κ1) is 16.3. The van der Waals surface area contributed by atoms with E-state index in [1.807, 2.05) is 39.0 Å². The van der Waals surface area contributed by atoms with E-state index in [1.165, 1.54) is 0 Å². The van der Waals surface area contributed by atoms with Crippen molar-refractivity contribution < 1.29 is 4.79 Å². The highest BCUT2D eigenvalue weighted by atomic mass is 32.1. The van der Waals surface area contributed by atoms with Crippen LogP contribution in [-0.4, -0.2) is 10.4 Å². The minimum Gasteiger partial charge on any atom is -0.348 e. The number of aryl methyl sites for hydroxylation is 2. The van der Waals surface area contributed by atoms with Crippen LogP contribution in [0.15, 0.2) is 23.8 Å². The lowest BCUT2D eigenvalue weighted by Crippen LogP contribution is -2.06. The Hall–Kier alpha value is -2.12. The van der Waals surface area contributed by atoms with Crippen LogP contribution in [0, 0.1) is 32.1 Å². The third-order valence-electron chi connectivity index (χ3n) is 3.68. The van der Waals surface area contributed by atoms with Gasteiger partial charge in [-0.25, -0.2) is 0 Å². The monoisotopic (exact) mass is 312 g/mol. The number of hydrogen-bond donors (Lipinski definition) is 0. The molecule has 3 nitrogen and oxygen atoms in total. The molecule has 0 fully saturated rings. The molecule has 0 aliphatic heterocycles. The first-order chi connectivity index (χ1) is 10.5. The molecule has 0 unspecified atom stereocenters. The van der Waals surface area contributed by atoms with E-state index in [4.69, 9.17) is 0 Å². The number of rotatable bonds is 5. The highest BCUT2D eigenvalue weighted by molar-refractivity contribution is 7.12. The summed E-state index contributed by atoms with van der Waals surface area (Å²) in [5.74, 6) is -0.191. The molecular formula is C18H20N2OS. The Morgan fingerprint density at radius 3 is 2.64 bits per heavy atom. The Bertz CT molecular complexity index is 772. The van der Waals surface area contributed by atoms with Crippen LogP contribution in [0.5, 0.6) is 0 Å². The molecule has 0 saturated heterocycles. The van der Waals surface area contributed by atoms with Gasteiger partial charge in [0, 0.05) is 33.3 Å². The molecule has 2 aromatic rings. The van der Waals surface area contributed by atoms with E-state index >= 15 is 0 Å². The summed E-state index contributed by atoms with van der Waals surface area (Å²) in [6.07, 6.45) is 2.70. The first-order valence-corrected chi connectivity index (χ1v) is 8.19. The molecule has 0 bridgehead atoms. The van der Waals surface area contributed by atoms with Crippen LogP contribution < -0.4 is 0 Å². The van der Waals surface area contributed by atoms with Gasteiger partial charge in [0.1, 0.15) is 11.6 Å². The van der Waals surface area contributed by atoms with E-state index in [9.17, 15) is 10.1 Å². The maximum atomic E-state index is 12.7. The molecule has 2 rings (SSSR count). The zero-order chi connectivity index (χ0) is 16.3.